The van der Waals surface area contributed by atoms with E-state index in [4.69, 9.17) is 4.74 Å². The Hall–Kier alpha value is -1.74. The van der Waals surface area contributed by atoms with Crippen LogP contribution < -0.4 is 4.74 Å². The average Bonchev–Trinajstić information content (AvgIpc) is 2.50. The van der Waals surface area contributed by atoms with Gasteiger partial charge in [0.25, 0.3) is 0 Å². The van der Waals surface area contributed by atoms with Crippen molar-refractivity contribution in [2.24, 2.45) is 0 Å². The predicted molar refractivity (Wildman–Crippen MR) is 89.3 cm³/mol. The first-order valence-corrected chi connectivity index (χ1v) is 8.24. The van der Waals surface area contributed by atoms with Crippen molar-refractivity contribution >= 4 is 17.5 Å². The second kappa shape index (κ2) is 7.89. The quantitative estimate of drug-likeness (QED) is 0.704. The van der Waals surface area contributed by atoms with E-state index in [-0.39, 0.29) is 5.78 Å². The third kappa shape index (κ3) is 4.64. The molecule has 0 aliphatic rings. The molecule has 3 heteroatoms. The largest absolute Gasteiger partial charge is 0.494 e. The van der Waals surface area contributed by atoms with Gasteiger partial charge in [-0.2, -0.15) is 0 Å². The van der Waals surface area contributed by atoms with Gasteiger partial charge in [-0.15, -0.1) is 11.8 Å². The minimum absolute atomic E-state index is 0.164. The number of thioether (sulfide) groups is 1. The number of carbonyl (C=O) groups is 1. The first-order chi connectivity index (χ1) is 10.2. The summed E-state index contributed by atoms with van der Waals surface area (Å²) in [6.45, 7) is 4.69. The second-order valence-electron chi connectivity index (χ2n) is 4.80. The number of ether oxygens (including phenoxy) is 1. The molecule has 0 radical (unpaired) electrons. The lowest BCUT2D eigenvalue weighted by Gasteiger charge is -2.06. The Morgan fingerprint density at radius 1 is 1.10 bits per heavy atom. The van der Waals surface area contributed by atoms with Gasteiger partial charge in [-0.05, 0) is 49.2 Å². The third-order valence-corrected chi connectivity index (χ3v) is 4.22. The Morgan fingerprint density at radius 3 is 2.48 bits per heavy atom. The lowest BCUT2D eigenvalue weighted by atomic mass is 10.1. The van der Waals surface area contributed by atoms with E-state index < -0.39 is 0 Å². The van der Waals surface area contributed by atoms with Crippen LogP contribution in [0.4, 0.5) is 0 Å². The summed E-state index contributed by atoms with van der Waals surface area (Å²) in [7, 11) is 0. The van der Waals surface area contributed by atoms with Crippen LogP contribution >= 0.6 is 11.8 Å². The lowest BCUT2D eigenvalue weighted by Crippen LogP contribution is -2.03. The number of carbonyl (C=O) groups excluding carboxylic acids is 1. The summed E-state index contributed by atoms with van der Waals surface area (Å²) in [5, 5.41) is 0. The molecule has 0 heterocycles. The van der Waals surface area contributed by atoms with Crippen LogP contribution in [0.3, 0.4) is 0 Å². The van der Waals surface area contributed by atoms with E-state index in [1.807, 2.05) is 43.3 Å². The molecule has 21 heavy (non-hydrogen) atoms. The number of benzene rings is 2. The van der Waals surface area contributed by atoms with Gasteiger partial charge in [0.05, 0.1) is 12.4 Å². The fourth-order valence-electron chi connectivity index (χ4n) is 2.01. The van der Waals surface area contributed by atoms with Crippen LogP contribution in [0.2, 0.25) is 0 Å². The zero-order valence-electron chi connectivity index (χ0n) is 12.5. The van der Waals surface area contributed by atoms with E-state index >= 15 is 0 Å². The molecule has 0 spiro atoms. The van der Waals surface area contributed by atoms with Gasteiger partial charge in [0.1, 0.15) is 5.75 Å². The highest BCUT2D eigenvalue weighted by atomic mass is 32.2. The molecule has 0 N–H and O–H groups in total. The number of hydrogen-bond donors (Lipinski definition) is 0. The van der Waals surface area contributed by atoms with Crippen molar-refractivity contribution in [1.29, 1.82) is 0 Å². The zero-order valence-corrected chi connectivity index (χ0v) is 13.3. The molecule has 2 rings (SSSR count). The average molecular weight is 300 g/mol. The van der Waals surface area contributed by atoms with Gasteiger partial charge in [-0.1, -0.05) is 24.3 Å². The highest BCUT2D eigenvalue weighted by Gasteiger charge is 2.07. The molecule has 0 amide bonds. The number of hydrogen-bond acceptors (Lipinski definition) is 3. The van der Waals surface area contributed by atoms with E-state index in [1.54, 1.807) is 11.8 Å². The smallest absolute Gasteiger partial charge is 0.172 e. The maximum atomic E-state index is 12.1. The molecule has 0 aromatic heterocycles. The molecule has 0 unspecified atom stereocenters. The van der Waals surface area contributed by atoms with E-state index in [0.717, 1.165) is 17.1 Å². The summed E-state index contributed by atoms with van der Waals surface area (Å²) in [5.74, 6) is 2.34. The molecule has 2 nitrogen and oxygen atoms in total. The molecule has 0 aliphatic heterocycles. The maximum absolute atomic E-state index is 12.1. The van der Waals surface area contributed by atoms with Gasteiger partial charge >= 0.3 is 0 Å². The normalized spacial score (nSPS) is 10.4. The molecule has 2 aromatic carbocycles. The summed E-state index contributed by atoms with van der Waals surface area (Å²) >= 11 is 1.66. The van der Waals surface area contributed by atoms with Crippen molar-refractivity contribution < 1.29 is 9.53 Å². The molecule has 0 aliphatic carbocycles. The Bertz CT molecular complexity index is 590. The van der Waals surface area contributed by atoms with Gasteiger partial charge in [-0.3, -0.25) is 4.79 Å². The summed E-state index contributed by atoms with van der Waals surface area (Å²) in [6, 6.07) is 15.7. The van der Waals surface area contributed by atoms with Crippen molar-refractivity contribution in [3.63, 3.8) is 0 Å². The van der Waals surface area contributed by atoms with Gasteiger partial charge < -0.3 is 4.74 Å². The van der Waals surface area contributed by atoms with Gasteiger partial charge in [0.2, 0.25) is 0 Å². The minimum atomic E-state index is 0.164. The Kier molecular flexibility index (Phi) is 5.88. The van der Waals surface area contributed by atoms with Gasteiger partial charge in [-0.25, -0.2) is 0 Å². The van der Waals surface area contributed by atoms with Crippen molar-refractivity contribution in [3.8, 4) is 5.75 Å². The SMILES string of the molecule is CCOc1ccc(C(=O)CSCc2ccccc2C)cc1. The van der Waals surface area contributed by atoms with Crippen LogP contribution in [0.25, 0.3) is 0 Å². The molecular weight excluding hydrogens is 280 g/mol. The van der Waals surface area contributed by atoms with Crippen LogP contribution in [0.5, 0.6) is 5.75 Å². The van der Waals surface area contributed by atoms with Crippen LogP contribution in [-0.4, -0.2) is 18.1 Å². The summed E-state index contributed by atoms with van der Waals surface area (Å²) in [6.07, 6.45) is 0. The molecule has 0 atom stereocenters. The molecule has 0 saturated carbocycles. The Labute approximate surface area is 130 Å². The van der Waals surface area contributed by atoms with Gasteiger partial charge in [0.15, 0.2) is 5.78 Å². The van der Waals surface area contributed by atoms with E-state index in [0.29, 0.717) is 12.4 Å². The third-order valence-electron chi connectivity index (χ3n) is 3.24. The summed E-state index contributed by atoms with van der Waals surface area (Å²) < 4.78 is 5.38. The Balaban J connectivity index is 1.85. The zero-order chi connectivity index (χ0) is 15.1. The van der Waals surface area contributed by atoms with Crippen molar-refractivity contribution in [2.45, 2.75) is 19.6 Å². The predicted octanol–water partition coefficient (Wildman–Crippen LogP) is 4.51. The second-order valence-corrected chi connectivity index (χ2v) is 5.79. The van der Waals surface area contributed by atoms with Crippen molar-refractivity contribution in [2.75, 3.05) is 12.4 Å². The first-order valence-electron chi connectivity index (χ1n) is 7.09. The number of ketones is 1. The Morgan fingerprint density at radius 2 is 1.81 bits per heavy atom. The number of Topliss-reactive ketones (excluding diaryl/α,β-unsaturated/α-hetero) is 1. The van der Waals surface area contributed by atoms with Crippen molar-refractivity contribution in [1.82, 2.24) is 0 Å². The minimum Gasteiger partial charge on any atom is -0.494 e. The summed E-state index contributed by atoms with van der Waals surface area (Å²) in [4.78, 5) is 12.1. The fraction of sp³-hybridized carbons (Fsp3) is 0.278. The van der Waals surface area contributed by atoms with E-state index in [2.05, 4.69) is 19.1 Å². The molecular formula is C18H20O2S. The summed E-state index contributed by atoms with van der Waals surface area (Å²) in [5.41, 5.74) is 3.32. The molecule has 0 bridgehead atoms. The molecule has 0 saturated heterocycles. The number of aryl methyl sites for hydroxylation is 1. The topological polar surface area (TPSA) is 26.3 Å². The van der Waals surface area contributed by atoms with Crippen LogP contribution in [-0.2, 0) is 5.75 Å². The molecule has 110 valence electrons. The van der Waals surface area contributed by atoms with Crippen LogP contribution in [0, 0.1) is 6.92 Å². The van der Waals surface area contributed by atoms with Crippen molar-refractivity contribution in [3.05, 3.63) is 65.2 Å². The number of rotatable bonds is 7. The molecule has 2 aromatic rings. The van der Waals surface area contributed by atoms with Crippen LogP contribution in [0.1, 0.15) is 28.4 Å². The van der Waals surface area contributed by atoms with E-state index in [1.165, 1.54) is 11.1 Å². The van der Waals surface area contributed by atoms with Gasteiger partial charge in [0, 0.05) is 11.3 Å². The highest BCUT2D eigenvalue weighted by molar-refractivity contribution is 7.99. The van der Waals surface area contributed by atoms with E-state index in [9.17, 15) is 4.79 Å². The standard InChI is InChI=1S/C18H20O2S/c1-3-20-17-10-8-15(9-11-17)18(19)13-21-12-16-7-5-4-6-14(16)2/h4-11H,3,12-13H2,1-2H3. The lowest BCUT2D eigenvalue weighted by molar-refractivity contribution is 0.102. The van der Waals surface area contributed by atoms with Crippen LogP contribution in [0.15, 0.2) is 48.5 Å². The fourth-order valence-corrected chi connectivity index (χ4v) is 3.01. The highest BCUT2D eigenvalue weighted by Crippen LogP contribution is 2.18. The molecule has 0 fully saturated rings. The maximum Gasteiger partial charge on any atom is 0.172 e. The monoisotopic (exact) mass is 300 g/mol. The first kappa shape index (κ1) is 15.6.